The van der Waals surface area contributed by atoms with E-state index in [0.29, 0.717) is 17.0 Å². The minimum absolute atomic E-state index is 0.0439. The molecule has 0 aliphatic carbocycles. The standard InChI is InChI=1S/C27H26N4O4/c1-18-12-14-22(15-13-18)31-27(34)30(17-20-8-7-11-23(16-20)35-3)26(33)24(29-31)25(32)28-19(2)21-9-5-4-6-10-21/h4-16,19H,17H2,1-3H3,(H,28,32). The Morgan fingerprint density at radius 3 is 2.40 bits per heavy atom. The molecule has 0 saturated heterocycles. The van der Waals surface area contributed by atoms with E-state index in [1.165, 1.54) is 0 Å². The first-order valence-electron chi connectivity index (χ1n) is 11.2. The summed E-state index contributed by atoms with van der Waals surface area (Å²) in [4.78, 5) is 39.9. The Morgan fingerprint density at radius 1 is 1.00 bits per heavy atom. The zero-order valence-electron chi connectivity index (χ0n) is 19.8. The van der Waals surface area contributed by atoms with Crippen LogP contribution < -0.4 is 21.3 Å². The summed E-state index contributed by atoms with van der Waals surface area (Å²) in [6, 6.07) is 23.2. The predicted molar refractivity (Wildman–Crippen MR) is 133 cm³/mol. The molecule has 1 atom stereocenters. The zero-order valence-corrected chi connectivity index (χ0v) is 19.8. The lowest BCUT2D eigenvalue weighted by Crippen LogP contribution is -2.46. The number of hydrogen-bond acceptors (Lipinski definition) is 5. The zero-order chi connectivity index (χ0) is 24.9. The van der Waals surface area contributed by atoms with Gasteiger partial charge in [-0.25, -0.2) is 4.79 Å². The van der Waals surface area contributed by atoms with Crippen LogP contribution in [0.15, 0.2) is 88.5 Å². The second-order valence-corrected chi connectivity index (χ2v) is 8.23. The van der Waals surface area contributed by atoms with Crippen molar-refractivity contribution in [2.45, 2.75) is 26.4 Å². The van der Waals surface area contributed by atoms with Crippen molar-refractivity contribution < 1.29 is 9.53 Å². The highest BCUT2D eigenvalue weighted by Gasteiger charge is 2.22. The van der Waals surface area contributed by atoms with Crippen LogP contribution >= 0.6 is 0 Å². The molecule has 8 nitrogen and oxygen atoms in total. The Labute approximate surface area is 202 Å². The van der Waals surface area contributed by atoms with Crippen LogP contribution in [0.1, 0.15) is 40.1 Å². The number of hydrogen-bond donors (Lipinski definition) is 1. The van der Waals surface area contributed by atoms with E-state index in [9.17, 15) is 14.4 Å². The highest BCUT2D eigenvalue weighted by molar-refractivity contribution is 5.92. The van der Waals surface area contributed by atoms with Gasteiger partial charge in [0.2, 0.25) is 5.69 Å². The maximum Gasteiger partial charge on any atom is 0.352 e. The van der Waals surface area contributed by atoms with Gasteiger partial charge in [0.1, 0.15) is 5.75 Å². The summed E-state index contributed by atoms with van der Waals surface area (Å²) >= 11 is 0. The number of nitrogens with zero attached hydrogens (tertiary/aromatic N) is 3. The van der Waals surface area contributed by atoms with Gasteiger partial charge in [0, 0.05) is 0 Å². The van der Waals surface area contributed by atoms with E-state index in [0.717, 1.165) is 20.4 Å². The number of methoxy groups -OCH3 is 1. The number of benzene rings is 3. The normalized spacial score (nSPS) is 11.6. The van der Waals surface area contributed by atoms with E-state index in [1.54, 1.807) is 43.5 Å². The minimum atomic E-state index is -0.765. The average molecular weight is 471 g/mol. The molecule has 0 aliphatic heterocycles. The van der Waals surface area contributed by atoms with Crippen molar-refractivity contribution in [1.29, 1.82) is 0 Å². The first-order chi connectivity index (χ1) is 16.9. The second-order valence-electron chi connectivity index (χ2n) is 8.23. The van der Waals surface area contributed by atoms with E-state index < -0.39 is 17.2 Å². The van der Waals surface area contributed by atoms with Gasteiger partial charge in [-0.1, -0.05) is 60.2 Å². The molecule has 8 heteroatoms. The van der Waals surface area contributed by atoms with E-state index in [1.807, 2.05) is 56.3 Å². The van der Waals surface area contributed by atoms with Gasteiger partial charge in [-0.15, -0.1) is 0 Å². The molecule has 1 aromatic heterocycles. The fraction of sp³-hybridized carbons (Fsp3) is 0.185. The van der Waals surface area contributed by atoms with E-state index in [4.69, 9.17) is 4.74 Å². The maximum atomic E-state index is 13.4. The van der Waals surface area contributed by atoms with Gasteiger partial charge in [-0.05, 0) is 49.2 Å². The SMILES string of the molecule is COc1cccc(Cn2c(=O)c(C(=O)NC(C)c3ccccc3)nn(-c3ccc(C)cc3)c2=O)c1. The molecule has 178 valence electrons. The van der Waals surface area contributed by atoms with Gasteiger partial charge in [0.15, 0.2) is 0 Å². The number of carbonyl (C=O) groups is 1. The van der Waals surface area contributed by atoms with Crippen LogP contribution in [0.2, 0.25) is 0 Å². The van der Waals surface area contributed by atoms with Crippen molar-refractivity contribution >= 4 is 5.91 Å². The molecule has 0 spiro atoms. The maximum absolute atomic E-state index is 13.4. The lowest BCUT2D eigenvalue weighted by molar-refractivity contribution is 0.0930. The van der Waals surface area contributed by atoms with Gasteiger partial charge >= 0.3 is 5.69 Å². The smallest absolute Gasteiger partial charge is 0.352 e. The molecule has 0 fully saturated rings. The average Bonchev–Trinajstić information content (AvgIpc) is 2.88. The first kappa shape index (κ1) is 23.7. The Balaban J connectivity index is 1.80. The molecule has 3 aromatic carbocycles. The van der Waals surface area contributed by atoms with Crippen LogP contribution in [0, 0.1) is 6.92 Å². The molecule has 0 radical (unpaired) electrons. The molecule has 0 bridgehead atoms. The quantitative estimate of drug-likeness (QED) is 0.447. The third-order valence-electron chi connectivity index (χ3n) is 5.68. The van der Waals surface area contributed by atoms with Crippen molar-refractivity contribution in [1.82, 2.24) is 19.7 Å². The van der Waals surface area contributed by atoms with E-state index in [-0.39, 0.29) is 18.3 Å². The van der Waals surface area contributed by atoms with Gasteiger partial charge in [-0.2, -0.15) is 9.78 Å². The number of rotatable bonds is 7. The molecule has 0 aliphatic rings. The summed E-state index contributed by atoms with van der Waals surface area (Å²) in [5, 5.41) is 7.01. The van der Waals surface area contributed by atoms with E-state index in [2.05, 4.69) is 10.4 Å². The Bertz CT molecular complexity index is 1460. The van der Waals surface area contributed by atoms with Crippen LogP contribution in [0.3, 0.4) is 0 Å². The summed E-state index contributed by atoms with van der Waals surface area (Å²) in [6.45, 7) is 3.70. The van der Waals surface area contributed by atoms with Gasteiger partial charge in [-0.3, -0.25) is 14.2 Å². The van der Waals surface area contributed by atoms with E-state index >= 15 is 0 Å². The lowest BCUT2D eigenvalue weighted by Gasteiger charge is -2.16. The molecule has 0 saturated carbocycles. The molecule has 1 heterocycles. The number of amides is 1. The third-order valence-corrected chi connectivity index (χ3v) is 5.68. The van der Waals surface area contributed by atoms with Crippen LogP contribution in [0.25, 0.3) is 5.69 Å². The Kier molecular flexibility index (Phi) is 6.91. The van der Waals surface area contributed by atoms with Crippen molar-refractivity contribution in [3.63, 3.8) is 0 Å². The van der Waals surface area contributed by atoms with Gasteiger partial charge in [0.25, 0.3) is 11.5 Å². The Hall–Kier alpha value is -4.46. The molecule has 35 heavy (non-hydrogen) atoms. The van der Waals surface area contributed by atoms with Crippen molar-refractivity contribution in [3.05, 3.63) is 122 Å². The largest absolute Gasteiger partial charge is 0.497 e. The van der Waals surface area contributed by atoms with Crippen LogP contribution in [0.5, 0.6) is 5.75 Å². The molecule has 1 N–H and O–H groups in total. The van der Waals surface area contributed by atoms with Crippen molar-refractivity contribution in [3.8, 4) is 11.4 Å². The van der Waals surface area contributed by atoms with Gasteiger partial charge in [0.05, 0.1) is 25.4 Å². The van der Waals surface area contributed by atoms with Crippen molar-refractivity contribution in [2.75, 3.05) is 7.11 Å². The summed E-state index contributed by atoms with van der Waals surface area (Å²) in [6.07, 6.45) is 0. The number of aromatic nitrogens is 3. The molecule has 4 aromatic rings. The number of carbonyl (C=O) groups excluding carboxylic acids is 1. The number of ether oxygens (including phenoxy) is 1. The first-order valence-corrected chi connectivity index (χ1v) is 11.2. The third kappa shape index (κ3) is 5.22. The predicted octanol–water partition coefficient (Wildman–Crippen LogP) is 3.25. The molecule has 1 amide bonds. The van der Waals surface area contributed by atoms with Crippen LogP contribution in [0.4, 0.5) is 0 Å². The fourth-order valence-corrected chi connectivity index (χ4v) is 3.69. The van der Waals surface area contributed by atoms with Gasteiger partial charge < -0.3 is 10.1 Å². The van der Waals surface area contributed by atoms with Crippen LogP contribution in [-0.2, 0) is 6.54 Å². The summed E-state index contributed by atoms with van der Waals surface area (Å²) in [5.41, 5.74) is 1.23. The summed E-state index contributed by atoms with van der Waals surface area (Å²) < 4.78 is 7.36. The minimum Gasteiger partial charge on any atom is -0.497 e. The second kappa shape index (κ2) is 10.2. The molecule has 4 rings (SSSR count). The monoisotopic (exact) mass is 470 g/mol. The highest BCUT2D eigenvalue weighted by atomic mass is 16.5. The summed E-state index contributed by atoms with van der Waals surface area (Å²) in [7, 11) is 1.54. The Morgan fingerprint density at radius 2 is 1.71 bits per heavy atom. The topological polar surface area (TPSA) is 95.2 Å². The lowest BCUT2D eigenvalue weighted by atomic mass is 10.1. The molecular weight excluding hydrogens is 444 g/mol. The molecule has 1 unspecified atom stereocenters. The number of nitrogens with one attached hydrogen (secondary N) is 1. The number of aryl methyl sites for hydroxylation is 1. The fourth-order valence-electron chi connectivity index (χ4n) is 3.69. The summed E-state index contributed by atoms with van der Waals surface area (Å²) in [5.74, 6) is -0.0651. The highest BCUT2D eigenvalue weighted by Crippen LogP contribution is 2.14. The molecular formula is C27H26N4O4. The van der Waals surface area contributed by atoms with Crippen LogP contribution in [-0.4, -0.2) is 27.4 Å². The van der Waals surface area contributed by atoms with Crippen molar-refractivity contribution in [2.24, 2.45) is 0 Å².